The molecule has 0 aliphatic carbocycles. The number of carbonyl (C=O) groups is 2. The molecule has 1 aliphatic heterocycles. The van der Waals surface area contributed by atoms with Crippen molar-refractivity contribution in [2.75, 3.05) is 44.5 Å². The number of urea groups is 1. The Labute approximate surface area is 209 Å². The lowest BCUT2D eigenvalue weighted by molar-refractivity contribution is 0.0281. The van der Waals surface area contributed by atoms with Gasteiger partial charge in [-0.25, -0.2) is 4.79 Å². The number of hydrogen-bond acceptors (Lipinski definition) is 5. The van der Waals surface area contributed by atoms with Crippen LogP contribution in [0.25, 0.3) is 0 Å². The van der Waals surface area contributed by atoms with Gasteiger partial charge in [0.15, 0.2) is 0 Å². The van der Waals surface area contributed by atoms with Gasteiger partial charge in [-0.3, -0.25) is 4.79 Å². The largest absolute Gasteiger partial charge is 0.491 e. The molecule has 1 aliphatic rings. The highest BCUT2D eigenvalue weighted by atomic mass is 35.5. The molecule has 0 aromatic heterocycles. The van der Waals surface area contributed by atoms with E-state index in [2.05, 4.69) is 22.9 Å². The minimum atomic E-state index is -0.484. The maximum Gasteiger partial charge on any atom is 0.323 e. The molecule has 2 aromatic rings. The molecule has 3 N–H and O–H groups in total. The SMILES string of the molecule is CO[C@H]1CN(C)C(=O)c2ccc(NC(=O)Nc3cc(Cl)cc(Cl)c3)cc2OC[C@@H](C)NC[C@H]1C. The van der Waals surface area contributed by atoms with Crippen LogP contribution in [0, 0.1) is 5.92 Å². The number of hydrogen-bond donors (Lipinski definition) is 3. The van der Waals surface area contributed by atoms with E-state index in [1.807, 2.05) is 6.92 Å². The molecule has 1 heterocycles. The van der Waals surface area contributed by atoms with Crippen LogP contribution in [0.2, 0.25) is 10.0 Å². The van der Waals surface area contributed by atoms with Crippen LogP contribution < -0.4 is 20.7 Å². The van der Waals surface area contributed by atoms with Gasteiger partial charge in [-0.15, -0.1) is 0 Å². The fourth-order valence-electron chi connectivity index (χ4n) is 3.65. The predicted octanol–water partition coefficient (Wildman–Crippen LogP) is 4.73. The van der Waals surface area contributed by atoms with Crippen molar-refractivity contribution in [3.63, 3.8) is 0 Å². The number of ether oxygens (including phenoxy) is 2. The van der Waals surface area contributed by atoms with E-state index in [-0.39, 0.29) is 24.0 Å². The molecule has 3 atom stereocenters. The highest BCUT2D eigenvalue weighted by molar-refractivity contribution is 6.35. The second kappa shape index (κ2) is 11.8. The number of nitrogens with zero attached hydrogens (tertiary/aromatic N) is 1. The van der Waals surface area contributed by atoms with Gasteiger partial charge in [0.1, 0.15) is 12.4 Å². The molecule has 0 fully saturated rings. The topological polar surface area (TPSA) is 91.9 Å². The van der Waals surface area contributed by atoms with Gasteiger partial charge in [0.2, 0.25) is 0 Å². The Hall–Kier alpha value is -2.52. The number of likely N-dealkylation sites (N-methyl/N-ethyl adjacent to an activating group) is 1. The van der Waals surface area contributed by atoms with Gasteiger partial charge in [-0.1, -0.05) is 30.1 Å². The van der Waals surface area contributed by atoms with Crippen molar-refractivity contribution in [1.29, 1.82) is 0 Å². The Morgan fingerprint density at radius 2 is 1.79 bits per heavy atom. The van der Waals surface area contributed by atoms with E-state index in [4.69, 9.17) is 32.7 Å². The van der Waals surface area contributed by atoms with Crippen LogP contribution in [0.4, 0.5) is 16.2 Å². The Bertz CT molecular complexity index is 1020. The Morgan fingerprint density at radius 1 is 1.12 bits per heavy atom. The molecule has 0 saturated carbocycles. The number of halogens is 2. The maximum atomic E-state index is 13.2. The summed E-state index contributed by atoms with van der Waals surface area (Å²) in [7, 11) is 3.40. The van der Waals surface area contributed by atoms with E-state index in [1.54, 1.807) is 55.5 Å². The third-order valence-electron chi connectivity index (χ3n) is 5.61. The first-order valence-corrected chi connectivity index (χ1v) is 11.7. The van der Waals surface area contributed by atoms with E-state index in [1.165, 1.54) is 0 Å². The average molecular weight is 509 g/mol. The molecule has 8 nitrogen and oxygen atoms in total. The smallest absolute Gasteiger partial charge is 0.323 e. The number of amides is 3. The number of anilines is 2. The average Bonchev–Trinajstić information content (AvgIpc) is 2.77. The number of carbonyl (C=O) groups excluding carboxylic acids is 2. The summed E-state index contributed by atoms with van der Waals surface area (Å²) in [5.41, 5.74) is 1.33. The van der Waals surface area contributed by atoms with Gasteiger partial charge in [0.05, 0.1) is 11.7 Å². The van der Waals surface area contributed by atoms with Crippen molar-refractivity contribution in [3.05, 3.63) is 52.0 Å². The van der Waals surface area contributed by atoms with Crippen LogP contribution in [0.15, 0.2) is 36.4 Å². The molecular formula is C24H30Cl2N4O4. The van der Waals surface area contributed by atoms with Crippen LogP contribution in [-0.2, 0) is 4.74 Å². The molecule has 0 bridgehead atoms. The highest BCUT2D eigenvalue weighted by Crippen LogP contribution is 2.27. The van der Waals surface area contributed by atoms with Gasteiger partial charge in [-0.05, 0) is 43.2 Å². The minimum Gasteiger partial charge on any atom is -0.491 e. The molecular weight excluding hydrogens is 479 g/mol. The fourth-order valence-corrected chi connectivity index (χ4v) is 4.18. The summed E-state index contributed by atoms with van der Waals surface area (Å²) in [6.07, 6.45) is -0.109. The Morgan fingerprint density at radius 3 is 2.47 bits per heavy atom. The van der Waals surface area contributed by atoms with Gasteiger partial charge >= 0.3 is 6.03 Å². The number of nitrogens with one attached hydrogen (secondary N) is 3. The third-order valence-corrected chi connectivity index (χ3v) is 6.04. The lowest BCUT2D eigenvalue weighted by Gasteiger charge is -2.30. The zero-order valence-corrected chi connectivity index (χ0v) is 21.2. The van der Waals surface area contributed by atoms with E-state index in [9.17, 15) is 9.59 Å². The molecule has 0 unspecified atom stereocenters. The van der Waals surface area contributed by atoms with Gasteiger partial charge in [0, 0.05) is 60.8 Å². The fraction of sp³-hybridized carbons (Fsp3) is 0.417. The lowest BCUT2D eigenvalue weighted by atomic mass is 10.0. The standard InChI is InChI=1S/C24H30Cl2N4O4/c1-14-11-27-15(2)13-34-21-10-18(5-6-20(21)23(31)30(3)12-22(14)33-4)28-24(32)29-19-8-16(25)7-17(26)9-19/h5-10,14-15,22,27H,11-13H2,1-4H3,(H2,28,29,32)/t14-,15-,22+/m1/s1. The molecule has 3 rings (SSSR count). The van der Waals surface area contributed by atoms with Crippen LogP contribution >= 0.6 is 23.2 Å². The highest BCUT2D eigenvalue weighted by Gasteiger charge is 2.25. The van der Waals surface area contributed by atoms with Crippen molar-refractivity contribution in [2.45, 2.75) is 26.0 Å². The summed E-state index contributed by atoms with van der Waals surface area (Å²) in [4.78, 5) is 27.3. The molecule has 0 spiro atoms. The van der Waals surface area contributed by atoms with Crippen molar-refractivity contribution >= 4 is 46.5 Å². The van der Waals surface area contributed by atoms with Gasteiger partial charge < -0.3 is 30.3 Å². The predicted molar refractivity (Wildman–Crippen MR) is 135 cm³/mol. The second-order valence-corrected chi connectivity index (χ2v) is 9.38. The molecule has 0 saturated heterocycles. The Balaban J connectivity index is 1.81. The quantitative estimate of drug-likeness (QED) is 0.557. The summed E-state index contributed by atoms with van der Waals surface area (Å²) in [5.74, 6) is 0.410. The first-order valence-electron chi connectivity index (χ1n) is 11.0. The number of fused-ring (bicyclic) bond motifs is 1. The summed E-state index contributed by atoms with van der Waals surface area (Å²) in [6, 6.07) is 9.26. The lowest BCUT2D eigenvalue weighted by Crippen LogP contribution is -2.44. The van der Waals surface area contributed by atoms with E-state index >= 15 is 0 Å². The van der Waals surface area contributed by atoms with E-state index in [0.29, 0.717) is 45.9 Å². The summed E-state index contributed by atoms with van der Waals surface area (Å²) < 4.78 is 11.6. The van der Waals surface area contributed by atoms with Gasteiger partial charge in [0.25, 0.3) is 5.91 Å². The minimum absolute atomic E-state index is 0.0487. The number of rotatable bonds is 3. The number of benzene rings is 2. The zero-order valence-electron chi connectivity index (χ0n) is 19.7. The first-order chi connectivity index (χ1) is 16.2. The summed E-state index contributed by atoms with van der Waals surface area (Å²) in [6.45, 7) is 5.63. The van der Waals surface area contributed by atoms with Crippen molar-refractivity contribution < 1.29 is 19.1 Å². The second-order valence-electron chi connectivity index (χ2n) is 8.51. The molecule has 0 radical (unpaired) electrons. The van der Waals surface area contributed by atoms with Crippen molar-refractivity contribution in [1.82, 2.24) is 10.2 Å². The van der Waals surface area contributed by atoms with Crippen LogP contribution in [-0.4, -0.2) is 62.8 Å². The first kappa shape index (κ1) is 26.1. The van der Waals surface area contributed by atoms with Gasteiger partial charge in [-0.2, -0.15) is 0 Å². The van der Waals surface area contributed by atoms with E-state index in [0.717, 1.165) is 6.54 Å². The molecule has 184 valence electrons. The normalized spacial score (nSPS) is 21.5. The third kappa shape index (κ3) is 6.99. The summed E-state index contributed by atoms with van der Waals surface area (Å²) in [5, 5.41) is 9.70. The summed E-state index contributed by atoms with van der Waals surface area (Å²) >= 11 is 12.0. The monoisotopic (exact) mass is 508 g/mol. The number of methoxy groups -OCH3 is 1. The van der Waals surface area contributed by atoms with E-state index < -0.39 is 6.03 Å². The molecule has 10 heteroatoms. The van der Waals surface area contributed by atoms with Crippen LogP contribution in [0.5, 0.6) is 5.75 Å². The van der Waals surface area contributed by atoms with Crippen LogP contribution in [0.3, 0.4) is 0 Å². The molecule has 34 heavy (non-hydrogen) atoms. The molecule has 2 aromatic carbocycles. The van der Waals surface area contributed by atoms with Crippen molar-refractivity contribution in [3.8, 4) is 5.75 Å². The molecule has 3 amide bonds. The zero-order chi connectivity index (χ0) is 24.8. The Kier molecular flexibility index (Phi) is 9.02. The van der Waals surface area contributed by atoms with Crippen LogP contribution in [0.1, 0.15) is 24.2 Å². The van der Waals surface area contributed by atoms with Crippen molar-refractivity contribution in [2.24, 2.45) is 5.92 Å². The maximum absolute atomic E-state index is 13.2.